The van der Waals surface area contributed by atoms with Gasteiger partial charge in [-0.2, -0.15) is 0 Å². The minimum absolute atomic E-state index is 0.0604. The molecule has 0 fully saturated rings. The van der Waals surface area contributed by atoms with Crippen LogP contribution in [0.25, 0.3) is 0 Å². The van der Waals surface area contributed by atoms with Crippen LogP contribution in [0, 0.1) is 0 Å². The van der Waals surface area contributed by atoms with Crippen LogP contribution in [0.1, 0.15) is 13.3 Å². The predicted octanol–water partition coefficient (Wildman–Crippen LogP) is 1.29. The summed E-state index contributed by atoms with van der Waals surface area (Å²) in [5.74, 6) is 1.65. The summed E-state index contributed by atoms with van der Waals surface area (Å²) in [6.07, 6.45) is 0.920. The molecule has 6 nitrogen and oxygen atoms in total. The molecule has 19 heavy (non-hydrogen) atoms. The van der Waals surface area contributed by atoms with Crippen molar-refractivity contribution in [1.29, 1.82) is 0 Å². The minimum Gasteiger partial charge on any atom is -0.484 e. The summed E-state index contributed by atoms with van der Waals surface area (Å²) < 4.78 is 20.9. The van der Waals surface area contributed by atoms with E-state index in [9.17, 15) is 4.79 Å². The summed E-state index contributed by atoms with van der Waals surface area (Å²) in [5, 5.41) is 2.60. The smallest absolute Gasteiger partial charge is 0.259 e. The van der Waals surface area contributed by atoms with E-state index in [-0.39, 0.29) is 26.0 Å². The molecular weight excluding hydrogens is 250 g/mol. The molecule has 0 saturated carbocycles. The molecule has 0 atom stereocenters. The molecule has 104 valence electrons. The summed E-state index contributed by atoms with van der Waals surface area (Å²) in [4.78, 5) is 11.4. The molecule has 0 radical (unpaired) electrons. The number of benzene rings is 1. The number of rotatable bonds is 7. The van der Waals surface area contributed by atoms with Crippen molar-refractivity contribution in [2.45, 2.75) is 13.3 Å². The van der Waals surface area contributed by atoms with Crippen molar-refractivity contribution < 1.29 is 23.7 Å². The van der Waals surface area contributed by atoms with Crippen LogP contribution in [0.3, 0.4) is 0 Å². The van der Waals surface area contributed by atoms with E-state index in [2.05, 4.69) is 5.32 Å². The SMILES string of the molecule is CCCOCNC(=O)COc1ccc2c(c1)OCO2. The zero-order valence-electron chi connectivity index (χ0n) is 10.8. The number of amides is 1. The maximum absolute atomic E-state index is 11.4. The number of carbonyl (C=O) groups excluding carboxylic acids is 1. The second-order valence-corrected chi connectivity index (χ2v) is 3.96. The topological polar surface area (TPSA) is 66.0 Å². The van der Waals surface area contributed by atoms with Crippen LogP contribution in [0.5, 0.6) is 17.2 Å². The Kier molecular flexibility index (Phi) is 4.85. The summed E-state index contributed by atoms with van der Waals surface area (Å²) >= 11 is 0. The van der Waals surface area contributed by atoms with Crippen molar-refractivity contribution in [1.82, 2.24) is 5.32 Å². The third-order valence-corrected chi connectivity index (χ3v) is 2.43. The van der Waals surface area contributed by atoms with Crippen molar-refractivity contribution in [3.63, 3.8) is 0 Å². The molecule has 0 saturated heterocycles. The molecule has 1 aliphatic rings. The van der Waals surface area contributed by atoms with E-state index in [1.165, 1.54) is 0 Å². The molecule has 0 aliphatic carbocycles. The molecule has 1 aromatic rings. The van der Waals surface area contributed by atoms with Gasteiger partial charge in [0.25, 0.3) is 5.91 Å². The number of ether oxygens (including phenoxy) is 4. The molecular formula is C13H17NO5. The summed E-state index contributed by atoms with van der Waals surface area (Å²) in [7, 11) is 0. The van der Waals surface area contributed by atoms with Crippen molar-refractivity contribution in [2.75, 3.05) is 26.7 Å². The third-order valence-electron chi connectivity index (χ3n) is 2.43. The Morgan fingerprint density at radius 1 is 1.37 bits per heavy atom. The van der Waals surface area contributed by atoms with Crippen molar-refractivity contribution in [3.8, 4) is 17.2 Å². The van der Waals surface area contributed by atoms with E-state index < -0.39 is 0 Å². The van der Waals surface area contributed by atoms with Crippen molar-refractivity contribution in [2.24, 2.45) is 0 Å². The van der Waals surface area contributed by atoms with E-state index in [0.717, 1.165) is 6.42 Å². The van der Waals surface area contributed by atoms with E-state index in [1.807, 2.05) is 6.92 Å². The Hall–Kier alpha value is -1.95. The van der Waals surface area contributed by atoms with E-state index in [4.69, 9.17) is 18.9 Å². The largest absolute Gasteiger partial charge is 0.484 e. The first kappa shape index (κ1) is 13.5. The van der Waals surface area contributed by atoms with Gasteiger partial charge in [-0.1, -0.05) is 6.92 Å². The van der Waals surface area contributed by atoms with Gasteiger partial charge in [-0.05, 0) is 18.6 Å². The molecule has 0 unspecified atom stereocenters. The van der Waals surface area contributed by atoms with Gasteiger partial charge >= 0.3 is 0 Å². The normalized spacial score (nSPS) is 12.3. The van der Waals surface area contributed by atoms with Gasteiger partial charge in [-0.25, -0.2) is 0 Å². The van der Waals surface area contributed by atoms with E-state index in [1.54, 1.807) is 18.2 Å². The molecule has 1 amide bonds. The maximum atomic E-state index is 11.4. The number of fused-ring (bicyclic) bond motifs is 1. The lowest BCUT2D eigenvalue weighted by Crippen LogP contribution is -2.30. The van der Waals surface area contributed by atoms with Crippen LogP contribution < -0.4 is 19.5 Å². The van der Waals surface area contributed by atoms with Gasteiger partial charge in [-0.15, -0.1) is 0 Å². The van der Waals surface area contributed by atoms with Crippen LogP contribution in [0.4, 0.5) is 0 Å². The first-order valence-electron chi connectivity index (χ1n) is 6.16. The molecule has 1 N–H and O–H groups in total. The zero-order valence-corrected chi connectivity index (χ0v) is 10.8. The lowest BCUT2D eigenvalue weighted by atomic mass is 10.3. The molecule has 6 heteroatoms. The number of nitrogens with one attached hydrogen (secondary N) is 1. The Balaban J connectivity index is 1.71. The van der Waals surface area contributed by atoms with Crippen LogP contribution in [0.2, 0.25) is 0 Å². The highest BCUT2D eigenvalue weighted by atomic mass is 16.7. The van der Waals surface area contributed by atoms with Crippen molar-refractivity contribution in [3.05, 3.63) is 18.2 Å². The molecule has 1 aliphatic heterocycles. The second-order valence-electron chi connectivity index (χ2n) is 3.96. The fourth-order valence-corrected chi connectivity index (χ4v) is 1.51. The summed E-state index contributed by atoms with van der Waals surface area (Å²) in [5.41, 5.74) is 0. The van der Waals surface area contributed by atoms with Gasteiger partial charge in [-0.3, -0.25) is 4.79 Å². The molecule has 2 rings (SSSR count). The van der Waals surface area contributed by atoms with E-state index in [0.29, 0.717) is 23.9 Å². The highest BCUT2D eigenvalue weighted by molar-refractivity contribution is 5.77. The first-order valence-corrected chi connectivity index (χ1v) is 6.16. The number of hydrogen-bond acceptors (Lipinski definition) is 5. The molecule has 0 bridgehead atoms. The zero-order chi connectivity index (χ0) is 13.5. The van der Waals surface area contributed by atoms with Crippen LogP contribution >= 0.6 is 0 Å². The fourth-order valence-electron chi connectivity index (χ4n) is 1.51. The lowest BCUT2D eigenvalue weighted by Gasteiger charge is -2.08. The monoisotopic (exact) mass is 267 g/mol. The third kappa shape index (κ3) is 4.03. The van der Waals surface area contributed by atoms with Crippen molar-refractivity contribution >= 4 is 5.91 Å². The molecule has 0 aromatic heterocycles. The number of carbonyl (C=O) groups is 1. The van der Waals surface area contributed by atoms with Crippen LogP contribution in [-0.4, -0.2) is 32.6 Å². The first-order chi connectivity index (χ1) is 9.29. The van der Waals surface area contributed by atoms with Gasteiger partial charge in [0.1, 0.15) is 12.5 Å². The Morgan fingerprint density at radius 3 is 3.05 bits per heavy atom. The molecule has 0 spiro atoms. The quantitative estimate of drug-likeness (QED) is 0.595. The molecule has 1 heterocycles. The number of hydrogen-bond donors (Lipinski definition) is 1. The molecule has 1 aromatic carbocycles. The van der Waals surface area contributed by atoms with Gasteiger partial charge in [0.2, 0.25) is 6.79 Å². The van der Waals surface area contributed by atoms with Gasteiger partial charge in [0.15, 0.2) is 18.1 Å². The predicted molar refractivity (Wildman–Crippen MR) is 67.3 cm³/mol. The van der Waals surface area contributed by atoms with Crippen LogP contribution in [-0.2, 0) is 9.53 Å². The maximum Gasteiger partial charge on any atom is 0.259 e. The van der Waals surface area contributed by atoms with Crippen LogP contribution in [0.15, 0.2) is 18.2 Å². The Labute approximate surface area is 111 Å². The van der Waals surface area contributed by atoms with Gasteiger partial charge < -0.3 is 24.3 Å². The average molecular weight is 267 g/mol. The highest BCUT2D eigenvalue weighted by Gasteiger charge is 2.14. The fraction of sp³-hybridized carbons (Fsp3) is 0.462. The minimum atomic E-state index is -0.228. The summed E-state index contributed by atoms with van der Waals surface area (Å²) in [6.45, 7) is 2.99. The Morgan fingerprint density at radius 2 is 2.21 bits per heavy atom. The standard InChI is InChI=1S/C13H17NO5/c1-2-5-16-8-14-13(15)7-17-10-3-4-11-12(6-10)19-9-18-11/h3-4,6H,2,5,7-9H2,1H3,(H,14,15). The summed E-state index contributed by atoms with van der Waals surface area (Å²) in [6, 6.07) is 5.18. The highest BCUT2D eigenvalue weighted by Crippen LogP contribution is 2.34. The van der Waals surface area contributed by atoms with Gasteiger partial charge in [0.05, 0.1) is 0 Å². The second kappa shape index (κ2) is 6.84. The van der Waals surface area contributed by atoms with E-state index >= 15 is 0 Å². The lowest BCUT2D eigenvalue weighted by molar-refractivity contribution is -0.124. The average Bonchev–Trinajstić information content (AvgIpc) is 2.89. The van der Waals surface area contributed by atoms with Gasteiger partial charge in [0, 0.05) is 12.7 Å². The Bertz CT molecular complexity index is 435.